The number of amides is 1. The van der Waals surface area contributed by atoms with Crippen LogP contribution in [-0.2, 0) is 13.2 Å². The van der Waals surface area contributed by atoms with Crippen LogP contribution in [0, 0.1) is 5.82 Å². The molecule has 0 spiro atoms. The van der Waals surface area contributed by atoms with Crippen molar-refractivity contribution in [2.45, 2.75) is 19.6 Å². The Bertz CT molecular complexity index is 1110. The third-order valence-electron chi connectivity index (χ3n) is 4.66. The van der Waals surface area contributed by atoms with Crippen LogP contribution in [0.4, 0.5) is 4.39 Å². The van der Waals surface area contributed by atoms with Crippen LogP contribution in [0.3, 0.4) is 0 Å². The SMILES string of the molecule is O=C(NCCCn1ccnc1)c1nn(-c2ccc(F)cc2)cc1OCc1ccccc1. The summed E-state index contributed by atoms with van der Waals surface area (Å²) in [5.41, 5.74) is 1.79. The molecule has 0 radical (unpaired) electrons. The zero-order valence-corrected chi connectivity index (χ0v) is 16.8. The number of rotatable bonds is 9. The minimum Gasteiger partial charge on any atom is -0.485 e. The minimum atomic E-state index is -0.340. The van der Waals surface area contributed by atoms with Crippen LogP contribution < -0.4 is 10.1 Å². The summed E-state index contributed by atoms with van der Waals surface area (Å²) in [6.07, 6.45) is 7.72. The number of imidazole rings is 1. The number of nitrogens with zero attached hydrogens (tertiary/aromatic N) is 4. The molecule has 2 heterocycles. The average molecular weight is 419 g/mol. The number of carbonyl (C=O) groups is 1. The van der Waals surface area contributed by atoms with Crippen LogP contribution in [0.25, 0.3) is 5.69 Å². The number of benzene rings is 2. The molecule has 2 aromatic carbocycles. The van der Waals surface area contributed by atoms with Crippen LogP contribution in [0.5, 0.6) is 5.75 Å². The highest BCUT2D eigenvalue weighted by Crippen LogP contribution is 2.21. The lowest BCUT2D eigenvalue weighted by Gasteiger charge is -2.07. The van der Waals surface area contributed by atoms with Gasteiger partial charge in [-0.15, -0.1) is 0 Å². The third-order valence-corrected chi connectivity index (χ3v) is 4.66. The molecule has 0 saturated heterocycles. The number of nitrogens with one attached hydrogen (secondary N) is 1. The van der Waals surface area contributed by atoms with Crippen LogP contribution >= 0.6 is 0 Å². The van der Waals surface area contributed by atoms with E-state index >= 15 is 0 Å². The van der Waals surface area contributed by atoms with Gasteiger partial charge in [0.2, 0.25) is 0 Å². The molecule has 31 heavy (non-hydrogen) atoms. The standard InChI is InChI=1S/C23H22FN5O2/c24-19-7-9-20(10-8-19)29-15-21(31-16-18-5-2-1-3-6-18)22(27-29)23(30)26-11-4-13-28-14-12-25-17-28/h1-3,5-10,12,14-15,17H,4,11,13,16H2,(H,26,30). The summed E-state index contributed by atoms with van der Waals surface area (Å²) in [5.74, 6) is -0.304. The van der Waals surface area contributed by atoms with E-state index in [-0.39, 0.29) is 17.4 Å². The lowest BCUT2D eigenvalue weighted by molar-refractivity contribution is 0.0943. The molecule has 0 fully saturated rings. The Kier molecular flexibility index (Phi) is 6.37. The largest absolute Gasteiger partial charge is 0.485 e. The van der Waals surface area contributed by atoms with Gasteiger partial charge in [0.15, 0.2) is 11.4 Å². The quantitative estimate of drug-likeness (QED) is 0.421. The van der Waals surface area contributed by atoms with Crippen molar-refractivity contribution >= 4 is 5.91 Å². The number of hydrogen-bond acceptors (Lipinski definition) is 4. The van der Waals surface area contributed by atoms with E-state index in [9.17, 15) is 9.18 Å². The topological polar surface area (TPSA) is 74.0 Å². The maximum Gasteiger partial charge on any atom is 0.275 e. The normalized spacial score (nSPS) is 10.7. The van der Waals surface area contributed by atoms with E-state index in [0.717, 1.165) is 18.5 Å². The van der Waals surface area contributed by atoms with Crippen molar-refractivity contribution in [1.82, 2.24) is 24.6 Å². The van der Waals surface area contributed by atoms with Crippen molar-refractivity contribution in [2.24, 2.45) is 0 Å². The second-order valence-electron chi connectivity index (χ2n) is 6.95. The molecule has 0 saturated carbocycles. The summed E-state index contributed by atoms with van der Waals surface area (Å²) in [4.78, 5) is 16.8. The molecule has 4 aromatic rings. The van der Waals surface area contributed by atoms with Gasteiger partial charge in [-0.05, 0) is 36.2 Å². The van der Waals surface area contributed by atoms with Gasteiger partial charge in [-0.25, -0.2) is 14.1 Å². The molecule has 8 heteroatoms. The van der Waals surface area contributed by atoms with Gasteiger partial charge < -0.3 is 14.6 Å². The first-order valence-electron chi connectivity index (χ1n) is 9.95. The number of halogens is 1. The molecule has 2 aromatic heterocycles. The smallest absolute Gasteiger partial charge is 0.275 e. The molecule has 0 aliphatic carbocycles. The van der Waals surface area contributed by atoms with Gasteiger partial charge in [0.25, 0.3) is 5.91 Å². The Morgan fingerprint density at radius 2 is 1.90 bits per heavy atom. The second kappa shape index (κ2) is 9.71. The number of carbonyl (C=O) groups excluding carboxylic acids is 1. The fraction of sp³-hybridized carbons (Fsp3) is 0.174. The summed E-state index contributed by atoms with van der Waals surface area (Å²) in [5, 5.41) is 7.28. The maximum absolute atomic E-state index is 13.3. The van der Waals surface area contributed by atoms with Gasteiger partial charge in [-0.3, -0.25) is 4.79 Å². The van der Waals surface area contributed by atoms with Crippen molar-refractivity contribution in [1.29, 1.82) is 0 Å². The summed E-state index contributed by atoms with van der Waals surface area (Å²) in [7, 11) is 0. The van der Waals surface area contributed by atoms with Crippen LogP contribution in [0.1, 0.15) is 22.5 Å². The Hall–Kier alpha value is -3.94. The predicted molar refractivity (Wildman–Crippen MR) is 113 cm³/mol. The van der Waals surface area contributed by atoms with Crippen molar-refractivity contribution < 1.29 is 13.9 Å². The molecule has 0 aliphatic rings. The average Bonchev–Trinajstić information content (AvgIpc) is 3.46. The number of aryl methyl sites for hydroxylation is 1. The molecule has 158 valence electrons. The van der Waals surface area contributed by atoms with E-state index in [1.807, 2.05) is 41.1 Å². The molecule has 0 unspecified atom stereocenters. The van der Waals surface area contributed by atoms with Gasteiger partial charge in [0.1, 0.15) is 12.4 Å². The first-order valence-corrected chi connectivity index (χ1v) is 9.95. The fourth-order valence-corrected chi connectivity index (χ4v) is 3.05. The van der Waals surface area contributed by atoms with Gasteiger partial charge in [-0.1, -0.05) is 30.3 Å². The molecular formula is C23H22FN5O2. The lowest BCUT2D eigenvalue weighted by atomic mass is 10.2. The van der Waals surface area contributed by atoms with Crippen LogP contribution in [0.15, 0.2) is 79.5 Å². The highest BCUT2D eigenvalue weighted by atomic mass is 19.1. The molecule has 1 N–H and O–H groups in total. The zero-order valence-electron chi connectivity index (χ0n) is 16.8. The highest BCUT2D eigenvalue weighted by molar-refractivity contribution is 5.94. The molecule has 1 amide bonds. The van der Waals surface area contributed by atoms with Crippen molar-refractivity contribution in [3.05, 3.63) is 96.6 Å². The Labute approximate surface area is 179 Å². The molecule has 0 aliphatic heterocycles. The Balaban J connectivity index is 1.47. The maximum atomic E-state index is 13.3. The number of ether oxygens (including phenoxy) is 1. The van der Waals surface area contributed by atoms with E-state index in [1.54, 1.807) is 30.9 Å². The van der Waals surface area contributed by atoms with E-state index in [1.165, 1.54) is 16.8 Å². The van der Waals surface area contributed by atoms with E-state index < -0.39 is 0 Å². The molecule has 4 rings (SSSR count). The molecular weight excluding hydrogens is 397 g/mol. The summed E-state index contributed by atoms with van der Waals surface area (Å²) < 4.78 is 22.6. The van der Waals surface area contributed by atoms with Gasteiger partial charge in [0, 0.05) is 25.5 Å². The summed E-state index contributed by atoms with van der Waals surface area (Å²) in [6, 6.07) is 15.5. The molecule has 0 bridgehead atoms. The lowest BCUT2D eigenvalue weighted by Crippen LogP contribution is -2.26. The summed E-state index contributed by atoms with van der Waals surface area (Å²) >= 11 is 0. The van der Waals surface area contributed by atoms with Crippen molar-refractivity contribution in [2.75, 3.05) is 6.54 Å². The van der Waals surface area contributed by atoms with E-state index in [4.69, 9.17) is 4.74 Å². The summed E-state index contributed by atoms with van der Waals surface area (Å²) in [6.45, 7) is 1.54. The Morgan fingerprint density at radius 1 is 1.10 bits per heavy atom. The Morgan fingerprint density at radius 3 is 2.65 bits per heavy atom. The second-order valence-corrected chi connectivity index (χ2v) is 6.95. The van der Waals surface area contributed by atoms with Crippen molar-refractivity contribution in [3.63, 3.8) is 0 Å². The highest BCUT2D eigenvalue weighted by Gasteiger charge is 2.19. The first kappa shape index (κ1) is 20.3. The number of aromatic nitrogens is 4. The van der Waals surface area contributed by atoms with Crippen LogP contribution in [0.2, 0.25) is 0 Å². The fourth-order valence-electron chi connectivity index (χ4n) is 3.05. The van der Waals surface area contributed by atoms with E-state index in [0.29, 0.717) is 24.6 Å². The monoisotopic (exact) mass is 419 g/mol. The van der Waals surface area contributed by atoms with E-state index in [2.05, 4.69) is 15.4 Å². The first-order chi connectivity index (χ1) is 15.2. The van der Waals surface area contributed by atoms with Crippen molar-refractivity contribution in [3.8, 4) is 11.4 Å². The molecule has 0 atom stereocenters. The van der Waals surface area contributed by atoms with Gasteiger partial charge >= 0.3 is 0 Å². The van der Waals surface area contributed by atoms with Gasteiger partial charge in [-0.2, -0.15) is 5.10 Å². The predicted octanol–water partition coefficient (Wildman–Crippen LogP) is 3.61. The minimum absolute atomic E-state index is 0.183. The zero-order chi connectivity index (χ0) is 21.5. The van der Waals surface area contributed by atoms with Crippen LogP contribution in [-0.4, -0.2) is 31.8 Å². The van der Waals surface area contributed by atoms with Gasteiger partial charge in [0.05, 0.1) is 18.2 Å². The molecule has 7 nitrogen and oxygen atoms in total. The number of hydrogen-bond donors (Lipinski definition) is 1. The third kappa shape index (κ3) is 5.36.